The van der Waals surface area contributed by atoms with Gasteiger partial charge in [0, 0.05) is 33.4 Å². The highest BCUT2D eigenvalue weighted by atomic mass is 16.6. The summed E-state index contributed by atoms with van der Waals surface area (Å²) in [5.41, 5.74) is 10.8. The molecule has 0 amide bonds. The molecule has 5 aromatic rings. The summed E-state index contributed by atoms with van der Waals surface area (Å²) in [6, 6.07) is 25.7. The second kappa shape index (κ2) is 17.7. The van der Waals surface area contributed by atoms with Crippen molar-refractivity contribution in [2.24, 2.45) is 0 Å². The minimum absolute atomic E-state index is 0.00834. The van der Waals surface area contributed by atoms with Gasteiger partial charge in [0.15, 0.2) is 0 Å². The number of phenolic OH excluding ortho intramolecular Hbond substituents is 1. The Balaban J connectivity index is 0.000000250. The van der Waals surface area contributed by atoms with Crippen molar-refractivity contribution in [2.45, 2.75) is 183 Å². The molecule has 2 aliphatic heterocycles. The Kier molecular flexibility index (Phi) is 13.4. The van der Waals surface area contributed by atoms with Crippen LogP contribution in [0, 0.1) is 13.8 Å². The fraction of sp³-hybridized carbons (Fsp3) is 0.459. The zero-order chi connectivity index (χ0) is 51.0. The summed E-state index contributed by atoms with van der Waals surface area (Å²) < 4.78 is 17.7. The maximum atomic E-state index is 13.8. The summed E-state index contributed by atoms with van der Waals surface area (Å²) in [4.78, 5) is 40.1. The highest BCUT2D eigenvalue weighted by Gasteiger charge is 2.41. The van der Waals surface area contributed by atoms with E-state index in [1.54, 1.807) is 18.2 Å². The Morgan fingerprint density at radius 3 is 1.47 bits per heavy atom. The van der Waals surface area contributed by atoms with E-state index in [0.717, 1.165) is 39.1 Å². The summed E-state index contributed by atoms with van der Waals surface area (Å²) in [6.07, 6.45) is 0. The number of carbonyl (C=O) groups is 3. The van der Waals surface area contributed by atoms with Gasteiger partial charge in [-0.05, 0) is 104 Å². The van der Waals surface area contributed by atoms with Crippen molar-refractivity contribution >= 4 is 17.9 Å². The second-order valence-corrected chi connectivity index (χ2v) is 25.3. The first-order valence-corrected chi connectivity index (χ1v) is 24.1. The average molecular weight is 921 g/mol. The van der Waals surface area contributed by atoms with Crippen LogP contribution < -0.4 is 14.2 Å². The van der Waals surface area contributed by atoms with E-state index in [1.165, 1.54) is 16.7 Å². The number of aromatic hydroxyl groups is 1. The zero-order valence-corrected chi connectivity index (χ0v) is 44.6. The molecule has 0 spiro atoms. The molecule has 0 aromatic heterocycles. The molecule has 0 saturated carbocycles. The van der Waals surface area contributed by atoms with Crippen LogP contribution in [-0.4, -0.2) is 23.0 Å². The van der Waals surface area contributed by atoms with Gasteiger partial charge in [0.25, 0.3) is 0 Å². The molecular weight excluding hydrogens is 845 g/mol. The molecule has 362 valence electrons. The van der Waals surface area contributed by atoms with Crippen LogP contribution in [0.15, 0.2) is 78.9 Å². The van der Waals surface area contributed by atoms with Crippen LogP contribution in [0.4, 0.5) is 0 Å². The number of rotatable bonds is 4. The monoisotopic (exact) mass is 921 g/mol. The molecule has 0 aliphatic carbocycles. The standard InChI is InChI=1S/C37H46O5.C24H30O2/c1-34(2,3)22-13-15-28(24(19-22)30-25-20-23(35(4,5)6)14-16-29(25)42-33(30)40)41-32(39)21-17-26(36(7,8)9)31(38)27(18-21)37(10,11)12;1-14-9-10-16(11-15(14)2)20-18-12-17(23(3,4)5)13-19(24(6,7)8)21(18)26-22(20)25/h13-20,30,38H,1-12H3;9-13,20H,1-8H3. The minimum atomic E-state index is -0.734. The molecule has 7 heteroatoms. The van der Waals surface area contributed by atoms with E-state index in [2.05, 4.69) is 127 Å². The molecule has 2 atom stereocenters. The number of hydrogen-bond acceptors (Lipinski definition) is 7. The average Bonchev–Trinajstić information content (AvgIpc) is 3.70. The van der Waals surface area contributed by atoms with Gasteiger partial charge in [0.2, 0.25) is 0 Å². The molecule has 0 bridgehead atoms. The van der Waals surface area contributed by atoms with E-state index < -0.39 is 28.7 Å². The lowest BCUT2D eigenvalue weighted by molar-refractivity contribution is -0.134. The SMILES string of the molecule is CC(C)(C)c1ccc(OC(=O)c2cc(C(C)(C)C)c(O)c(C(C)(C)C)c2)c(C2C(=O)Oc3ccc(C(C)(C)C)cc32)c1.Cc1ccc(C2C(=O)Oc3c2cc(C(C)(C)C)cc3C(C)(C)C)cc1C. The fourth-order valence-corrected chi connectivity index (χ4v) is 8.83. The number of esters is 3. The number of aryl methyl sites for hydroxylation is 2. The van der Waals surface area contributed by atoms with Crippen LogP contribution in [0.3, 0.4) is 0 Å². The number of carbonyl (C=O) groups excluding carboxylic acids is 3. The first-order valence-electron chi connectivity index (χ1n) is 24.1. The van der Waals surface area contributed by atoms with Crippen molar-refractivity contribution in [2.75, 3.05) is 0 Å². The normalized spacial score (nSPS) is 16.4. The van der Waals surface area contributed by atoms with Gasteiger partial charge in [0.05, 0.1) is 5.56 Å². The van der Waals surface area contributed by atoms with Crippen LogP contribution >= 0.6 is 0 Å². The van der Waals surface area contributed by atoms with Crippen LogP contribution in [0.1, 0.15) is 214 Å². The van der Waals surface area contributed by atoms with E-state index >= 15 is 0 Å². The highest BCUT2D eigenvalue weighted by Crippen LogP contribution is 2.49. The molecule has 0 fully saturated rings. The molecule has 2 heterocycles. The maximum absolute atomic E-state index is 13.8. The van der Waals surface area contributed by atoms with Crippen molar-refractivity contribution in [3.8, 4) is 23.0 Å². The van der Waals surface area contributed by atoms with E-state index in [-0.39, 0.29) is 39.3 Å². The van der Waals surface area contributed by atoms with E-state index in [4.69, 9.17) is 14.2 Å². The highest BCUT2D eigenvalue weighted by molar-refractivity contribution is 5.94. The summed E-state index contributed by atoms with van der Waals surface area (Å²) in [5.74, 6) is -0.387. The second-order valence-electron chi connectivity index (χ2n) is 25.3. The molecule has 68 heavy (non-hydrogen) atoms. The van der Waals surface area contributed by atoms with Crippen molar-refractivity contribution in [3.63, 3.8) is 0 Å². The van der Waals surface area contributed by atoms with Crippen LogP contribution in [0.25, 0.3) is 0 Å². The fourth-order valence-electron chi connectivity index (χ4n) is 8.83. The third-order valence-corrected chi connectivity index (χ3v) is 13.4. The van der Waals surface area contributed by atoms with E-state index in [1.807, 2.05) is 71.9 Å². The Morgan fingerprint density at radius 1 is 0.485 bits per heavy atom. The van der Waals surface area contributed by atoms with Crippen molar-refractivity contribution in [1.82, 2.24) is 0 Å². The molecule has 7 nitrogen and oxygen atoms in total. The third kappa shape index (κ3) is 10.6. The van der Waals surface area contributed by atoms with E-state index in [0.29, 0.717) is 33.8 Å². The Labute approximate surface area is 407 Å². The van der Waals surface area contributed by atoms with Gasteiger partial charge >= 0.3 is 17.9 Å². The van der Waals surface area contributed by atoms with Gasteiger partial charge in [-0.15, -0.1) is 0 Å². The summed E-state index contributed by atoms with van der Waals surface area (Å²) in [7, 11) is 0. The lowest BCUT2D eigenvalue weighted by atomic mass is 9.77. The Hall–Kier alpha value is -5.69. The van der Waals surface area contributed by atoms with Gasteiger partial charge in [0.1, 0.15) is 34.8 Å². The summed E-state index contributed by atoms with van der Waals surface area (Å²) in [6.45, 7) is 42.1. The molecule has 0 saturated heterocycles. The van der Waals surface area contributed by atoms with E-state index in [9.17, 15) is 19.5 Å². The third-order valence-electron chi connectivity index (χ3n) is 13.4. The predicted octanol–water partition coefficient (Wildman–Crippen LogP) is 14.8. The summed E-state index contributed by atoms with van der Waals surface area (Å²) in [5, 5.41) is 11.1. The molecule has 2 unspecified atom stereocenters. The van der Waals surface area contributed by atoms with Crippen molar-refractivity contribution in [3.05, 3.63) is 151 Å². The van der Waals surface area contributed by atoms with Crippen LogP contribution in [0.2, 0.25) is 0 Å². The molecule has 7 rings (SSSR count). The largest absolute Gasteiger partial charge is 0.507 e. The Bertz CT molecular complexity index is 2760. The smallest absolute Gasteiger partial charge is 0.343 e. The number of hydrogen-bond donors (Lipinski definition) is 1. The summed E-state index contributed by atoms with van der Waals surface area (Å²) >= 11 is 0. The predicted molar refractivity (Wildman–Crippen MR) is 275 cm³/mol. The van der Waals surface area contributed by atoms with Gasteiger partial charge in [-0.1, -0.05) is 179 Å². The van der Waals surface area contributed by atoms with Gasteiger partial charge in [-0.2, -0.15) is 0 Å². The number of phenols is 1. The number of ether oxygens (including phenoxy) is 3. The van der Waals surface area contributed by atoms with Crippen LogP contribution in [-0.2, 0) is 42.1 Å². The van der Waals surface area contributed by atoms with Gasteiger partial charge in [-0.25, -0.2) is 4.79 Å². The first-order chi connectivity index (χ1) is 31.0. The number of fused-ring (bicyclic) bond motifs is 2. The Morgan fingerprint density at radius 2 is 0.971 bits per heavy atom. The first kappa shape index (κ1) is 51.7. The molecular formula is C61H76O7. The molecule has 1 N–H and O–H groups in total. The molecule has 0 radical (unpaired) electrons. The minimum Gasteiger partial charge on any atom is -0.507 e. The number of benzene rings is 5. The van der Waals surface area contributed by atoms with Crippen LogP contribution in [0.5, 0.6) is 23.0 Å². The van der Waals surface area contributed by atoms with Crippen molar-refractivity contribution < 1.29 is 33.7 Å². The molecule has 5 aromatic carbocycles. The zero-order valence-electron chi connectivity index (χ0n) is 44.6. The van der Waals surface area contributed by atoms with Crippen molar-refractivity contribution in [1.29, 1.82) is 0 Å². The van der Waals surface area contributed by atoms with Gasteiger partial charge < -0.3 is 19.3 Å². The maximum Gasteiger partial charge on any atom is 0.343 e. The molecule has 2 aliphatic rings. The quantitative estimate of drug-likeness (QED) is 0.142. The lowest BCUT2D eigenvalue weighted by Crippen LogP contribution is -2.21. The topological polar surface area (TPSA) is 99.1 Å². The lowest BCUT2D eigenvalue weighted by Gasteiger charge is -2.28. The van der Waals surface area contributed by atoms with Gasteiger partial charge in [-0.3, -0.25) is 9.59 Å².